The summed E-state index contributed by atoms with van der Waals surface area (Å²) in [6.07, 6.45) is 1.53. The molecule has 0 aliphatic carbocycles. The lowest BCUT2D eigenvalue weighted by Crippen LogP contribution is -2.27. The number of aliphatic imine (C=N–C) groups is 1. The molecule has 0 unspecified atom stereocenters. The Hall–Kier alpha value is -3.43. The predicted molar refractivity (Wildman–Crippen MR) is 82.0 cm³/mol. The number of nitro benzene ring substituents is 2. The van der Waals surface area contributed by atoms with E-state index in [4.69, 9.17) is 4.42 Å². The Morgan fingerprint density at radius 2 is 2.04 bits per heavy atom. The Morgan fingerprint density at radius 3 is 2.65 bits per heavy atom. The number of rotatable bonds is 6. The van der Waals surface area contributed by atoms with Crippen molar-refractivity contribution in [1.29, 1.82) is 0 Å². The van der Waals surface area contributed by atoms with Gasteiger partial charge >= 0.3 is 5.69 Å². The van der Waals surface area contributed by atoms with Crippen LogP contribution < -0.4 is 10.9 Å². The molecule has 0 bridgehead atoms. The molecule has 23 heavy (non-hydrogen) atoms. The summed E-state index contributed by atoms with van der Waals surface area (Å²) in [4.78, 5) is 24.4. The van der Waals surface area contributed by atoms with Crippen molar-refractivity contribution in [3.63, 3.8) is 0 Å². The molecule has 2 rings (SSSR count). The van der Waals surface area contributed by atoms with E-state index < -0.39 is 15.5 Å². The molecule has 0 spiro atoms. The average Bonchev–Trinajstić information content (AvgIpc) is 3.03. The molecule has 10 heteroatoms. The van der Waals surface area contributed by atoms with Crippen LogP contribution in [0.25, 0.3) is 0 Å². The standard InChI is InChI=1S/C13H13N5O5/c1-9(14-8-11-3-2-6-23-11)15-16-12-5-4-10(17(19)20)7-13(12)18(21)22/h2-7,16H,8H2,1H3,(H,14,15). The number of amidine groups is 1. The summed E-state index contributed by atoms with van der Waals surface area (Å²) in [6, 6.07) is 6.83. The molecule has 0 saturated carbocycles. The van der Waals surface area contributed by atoms with E-state index in [2.05, 4.69) is 15.8 Å². The maximum Gasteiger partial charge on any atom is 0.300 e. The highest BCUT2D eigenvalue weighted by molar-refractivity contribution is 5.81. The molecule has 0 radical (unpaired) electrons. The highest BCUT2D eigenvalue weighted by Crippen LogP contribution is 2.28. The molecule has 2 aromatic rings. The zero-order valence-electron chi connectivity index (χ0n) is 12.1. The number of non-ortho nitro benzene ring substituents is 1. The van der Waals surface area contributed by atoms with Gasteiger partial charge in [-0.3, -0.25) is 36.1 Å². The van der Waals surface area contributed by atoms with Crippen LogP contribution in [0.5, 0.6) is 0 Å². The van der Waals surface area contributed by atoms with Crippen LogP contribution in [-0.4, -0.2) is 15.7 Å². The Kier molecular flexibility index (Phi) is 4.87. The summed E-state index contributed by atoms with van der Waals surface area (Å²) in [7, 11) is 0. The van der Waals surface area contributed by atoms with Crippen molar-refractivity contribution in [2.24, 2.45) is 4.99 Å². The van der Waals surface area contributed by atoms with Gasteiger partial charge in [-0.1, -0.05) is 0 Å². The number of hydrazine groups is 1. The molecule has 0 atom stereocenters. The highest BCUT2D eigenvalue weighted by Gasteiger charge is 2.19. The molecule has 0 amide bonds. The monoisotopic (exact) mass is 319 g/mol. The molecule has 0 fully saturated rings. The number of anilines is 1. The van der Waals surface area contributed by atoms with Crippen molar-refractivity contribution in [1.82, 2.24) is 5.43 Å². The molecule has 1 aromatic carbocycles. The first-order chi connectivity index (χ1) is 11.0. The minimum Gasteiger partial charge on any atom is -0.467 e. The number of furan rings is 1. The number of benzene rings is 1. The average molecular weight is 319 g/mol. The zero-order valence-corrected chi connectivity index (χ0v) is 12.1. The van der Waals surface area contributed by atoms with Gasteiger partial charge in [0.05, 0.1) is 28.7 Å². The van der Waals surface area contributed by atoms with E-state index in [0.29, 0.717) is 18.1 Å². The Morgan fingerprint density at radius 1 is 1.26 bits per heavy atom. The summed E-state index contributed by atoms with van der Waals surface area (Å²) in [5, 5.41) is 21.7. The lowest BCUT2D eigenvalue weighted by molar-refractivity contribution is -0.393. The van der Waals surface area contributed by atoms with Crippen molar-refractivity contribution in [2.75, 3.05) is 5.43 Å². The molecular weight excluding hydrogens is 306 g/mol. The fourth-order valence-corrected chi connectivity index (χ4v) is 1.69. The first-order valence-corrected chi connectivity index (χ1v) is 6.45. The second kappa shape index (κ2) is 7.02. The minimum absolute atomic E-state index is 0.0909. The topological polar surface area (TPSA) is 136 Å². The lowest BCUT2D eigenvalue weighted by atomic mass is 10.2. The van der Waals surface area contributed by atoms with Crippen LogP contribution in [0.3, 0.4) is 0 Å². The normalized spacial score (nSPS) is 11.1. The van der Waals surface area contributed by atoms with E-state index in [1.54, 1.807) is 19.1 Å². The summed E-state index contributed by atoms with van der Waals surface area (Å²) < 4.78 is 5.12. The van der Waals surface area contributed by atoms with Crippen LogP contribution in [0.15, 0.2) is 46.0 Å². The number of nitrogens with one attached hydrogen (secondary N) is 2. The fourth-order valence-electron chi connectivity index (χ4n) is 1.69. The van der Waals surface area contributed by atoms with Gasteiger partial charge in [-0.25, -0.2) is 0 Å². The third-order valence-corrected chi connectivity index (χ3v) is 2.82. The quantitative estimate of drug-likeness (QED) is 0.361. The number of hydrogen-bond donors (Lipinski definition) is 2. The van der Waals surface area contributed by atoms with E-state index in [9.17, 15) is 20.2 Å². The summed E-state index contributed by atoms with van der Waals surface area (Å²) in [6.45, 7) is 1.98. The van der Waals surface area contributed by atoms with Gasteiger partial charge in [0.15, 0.2) is 0 Å². The lowest BCUT2D eigenvalue weighted by Gasteiger charge is -2.09. The minimum atomic E-state index is -0.702. The SMILES string of the molecule is CC(=NCc1ccco1)NNc1ccc([N+](=O)[O-])cc1[N+](=O)[O-]. The predicted octanol–water partition coefficient (Wildman–Crippen LogP) is 2.63. The van der Waals surface area contributed by atoms with Crippen LogP contribution >= 0.6 is 0 Å². The highest BCUT2D eigenvalue weighted by atomic mass is 16.6. The van der Waals surface area contributed by atoms with Gasteiger partial charge in [-0.15, -0.1) is 0 Å². The number of nitro groups is 2. The first-order valence-electron chi connectivity index (χ1n) is 6.45. The molecule has 0 saturated heterocycles. The van der Waals surface area contributed by atoms with E-state index in [1.165, 1.54) is 18.4 Å². The van der Waals surface area contributed by atoms with E-state index in [0.717, 1.165) is 6.07 Å². The Balaban J connectivity index is 2.06. The molecular formula is C13H13N5O5. The van der Waals surface area contributed by atoms with Crippen LogP contribution in [-0.2, 0) is 6.54 Å². The molecule has 2 N–H and O–H groups in total. The van der Waals surface area contributed by atoms with Gasteiger partial charge in [0, 0.05) is 6.07 Å². The molecule has 0 aliphatic heterocycles. The van der Waals surface area contributed by atoms with Gasteiger partial charge in [0.1, 0.15) is 17.3 Å². The summed E-state index contributed by atoms with van der Waals surface area (Å²) in [5.41, 5.74) is 4.63. The van der Waals surface area contributed by atoms with Gasteiger partial charge < -0.3 is 4.42 Å². The summed E-state index contributed by atoms with van der Waals surface area (Å²) >= 11 is 0. The molecule has 1 aromatic heterocycles. The third-order valence-electron chi connectivity index (χ3n) is 2.82. The van der Waals surface area contributed by atoms with E-state index in [1.807, 2.05) is 0 Å². The Labute approximate surface area is 130 Å². The van der Waals surface area contributed by atoms with Gasteiger partial charge in [-0.2, -0.15) is 0 Å². The molecule has 120 valence electrons. The largest absolute Gasteiger partial charge is 0.467 e. The smallest absolute Gasteiger partial charge is 0.300 e. The fraction of sp³-hybridized carbons (Fsp3) is 0.154. The second-order valence-corrected chi connectivity index (χ2v) is 4.45. The molecule has 10 nitrogen and oxygen atoms in total. The third kappa shape index (κ3) is 4.27. The van der Waals surface area contributed by atoms with Crippen LogP contribution in [0, 0.1) is 20.2 Å². The van der Waals surface area contributed by atoms with Crippen LogP contribution in [0.1, 0.15) is 12.7 Å². The van der Waals surface area contributed by atoms with Gasteiger partial charge in [0.2, 0.25) is 0 Å². The Bertz CT molecular complexity index is 741. The summed E-state index contributed by atoms with van der Waals surface area (Å²) in [5.74, 6) is 1.14. The zero-order chi connectivity index (χ0) is 16.8. The van der Waals surface area contributed by atoms with Crippen LogP contribution in [0.2, 0.25) is 0 Å². The second-order valence-electron chi connectivity index (χ2n) is 4.45. The van der Waals surface area contributed by atoms with E-state index in [-0.39, 0.29) is 11.4 Å². The van der Waals surface area contributed by atoms with Crippen molar-refractivity contribution < 1.29 is 14.3 Å². The van der Waals surface area contributed by atoms with E-state index >= 15 is 0 Å². The number of nitrogens with zero attached hydrogens (tertiary/aromatic N) is 3. The molecule has 1 heterocycles. The maximum absolute atomic E-state index is 11.0. The van der Waals surface area contributed by atoms with Crippen molar-refractivity contribution >= 4 is 22.9 Å². The van der Waals surface area contributed by atoms with Crippen molar-refractivity contribution in [3.05, 3.63) is 62.6 Å². The van der Waals surface area contributed by atoms with Crippen molar-refractivity contribution in [2.45, 2.75) is 13.5 Å². The first kappa shape index (κ1) is 15.9. The van der Waals surface area contributed by atoms with Gasteiger partial charge in [0.25, 0.3) is 5.69 Å². The maximum atomic E-state index is 11.0. The van der Waals surface area contributed by atoms with Crippen LogP contribution in [0.4, 0.5) is 17.1 Å². The van der Waals surface area contributed by atoms with Crippen molar-refractivity contribution in [3.8, 4) is 0 Å². The van der Waals surface area contributed by atoms with Gasteiger partial charge in [-0.05, 0) is 25.1 Å². The molecule has 0 aliphatic rings. The number of hydrogen-bond acceptors (Lipinski definition) is 7.